The molecule has 0 spiro atoms. The average molecular weight is 302 g/mol. The van der Waals surface area contributed by atoms with Crippen LogP contribution in [0.1, 0.15) is 17.7 Å². The van der Waals surface area contributed by atoms with Crippen LogP contribution in [0, 0.1) is 6.92 Å². The highest BCUT2D eigenvalue weighted by Gasteiger charge is 2.15. The van der Waals surface area contributed by atoms with E-state index in [1.54, 1.807) is 25.3 Å². The van der Waals surface area contributed by atoms with Gasteiger partial charge in [-0.15, -0.1) is 0 Å². The Morgan fingerprint density at radius 2 is 2.05 bits per heavy atom. The highest BCUT2D eigenvalue weighted by Crippen LogP contribution is 2.26. The summed E-state index contributed by atoms with van der Waals surface area (Å²) in [5, 5.41) is 0.437. The number of rotatable bonds is 2. The van der Waals surface area contributed by atoms with Crippen molar-refractivity contribution < 1.29 is 8.78 Å². The largest absolute Gasteiger partial charge is 0.383 e. The molecule has 2 heterocycles. The van der Waals surface area contributed by atoms with E-state index in [1.807, 2.05) is 0 Å². The van der Waals surface area contributed by atoms with E-state index in [0.717, 1.165) is 0 Å². The third-order valence-corrected chi connectivity index (χ3v) is 3.42. The van der Waals surface area contributed by atoms with E-state index in [4.69, 9.17) is 5.73 Å². The van der Waals surface area contributed by atoms with E-state index < -0.39 is 12.1 Å². The van der Waals surface area contributed by atoms with Crippen LogP contribution in [-0.4, -0.2) is 14.5 Å². The number of fused-ring (bicyclic) bond motifs is 1. The van der Waals surface area contributed by atoms with Crippen LogP contribution in [0.25, 0.3) is 16.6 Å². The number of aromatic nitrogens is 3. The number of nitrogens with zero attached hydrogens (tertiary/aromatic N) is 3. The molecule has 3 aromatic rings. The summed E-state index contributed by atoms with van der Waals surface area (Å²) >= 11 is 0. The molecular weight excluding hydrogens is 290 g/mol. The predicted octanol–water partition coefficient (Wildman–Crippen LogP) is 2.61. The van der Waals surface area contributed by atoms with Crippen LogP contribution in [-0.2, 0) is 0 Å². The minimum absolute atomic E-state index is 0.0126. The maximum atomic E-state index is 13.0. The molecule has 0 saturated heterocycles. The van der Waals surface area contributed by atoms with Crippen molar-refractivity contribution in [1.82, 2.24) is 14.5 Å². The summed E-state index contributed by atoms with van der Waals surface area (Å²) in [6.45, 7) is 1.72. The Morgan fingerprint density at radius 1 is 1.27 bits per heavy atom. The molecule has 0 aliphatic heterocycles. The molecule has 0 unspecified atom stereocenters. The molecule has 22 heavy (non-hydrogen) atoms. The van der Waals surface area contributed by atoms with E-state index in [-0.39, 0.29) is 16.9 Å². The first-order valence-corrected chi connectivity index (χ1v) is 6.51. The zero-order valence-corrected chi connectivity index (χ0v) is 11.6. The quantitative estimate of drug-likeness (QED) is 0.789. The summed E-state index contributed by atoms with van der Waals surface area (Å²) in [5.41, 5.74) is 6.27. The molecular formula is C15H12F2N4O. The van der Waals surface area contributed by atoms with Gasteiger partial charge in [-0.2, -0.15) is 4.98 Å². The molecule has 0 amide bonds. The SMILES string of the molecule is Cc1ncccc1-n1c(=O)nc(N)c2ccc(C(F)F)cc21. The molecule has 0 bridgehead atoms. The first kappa shape index (κ1) is 14.1. The summed E-state index contributed by atoms with van der Waals surface area (Å²) < 4.78 is 27.2. The van der Waals surface area contributed by atoms with E-state index in [1.165, 1.54) is 22.8 Å². The van der Waals surface area contributed by atoms with Gasteiger partial charge in [0.15, 0.2) is 0 Å². The number of anilines is 1. The third kappa shape index (κ3) is 2.20. The first-order chi connectivity index (χ1) is 10.5. The lowest BCUT2D eigenvalue weighted by atomic mass is 10.1. The second-order valence-electron chi connectivity index (χ2n) is 4.80. The van der Waals surface area contributed by atoms with Gasteiger partial charge in [-0.3, -0.25) is 9.55 Å². The van der Waals surface area contributed by atoms with Crippen LogP contribution in [0.3, 0.4) is 0 Å². The number of aryl methyl sites for hydroxylation is 1. The van der Waals surface area contributed by atoms with Gasteiger partial charge in [0.05, 0.1) is 16.9 Å². The molecule has 0 fully saturated rings. The Hall–Kier alpha value is -2.83. The molecule has 2 N–H and O–H groups in total. The summed E-state index contributed by atoms with van der Waals surface area (Å²) in [6, 6.07) is 7.31. The van der Waals surface area contributed by atoms with Crippen LogP contribution in [0.15, 0.2) is 41.3 Å². The van der Waals surface area contributed by atoms with Crippen LogP contribution in [0.5, 0.6) is 0 Å². The molecule has 0 aliphatic rings. The molecule has 2 aromatic heterocycles. The second kappa shape index (κ2) is 5.18. The van der Waals surface area contributed by atoms with Crippen molar-refractivity contribution in [1.29, 1.82) is 0 Å². The van der Waals surface area contributed by atoms with Gasteiger partial charge in [0, 0.05) is 17.1 Å². The van der Waals surface area contributed by atoms with Crippen molar-refractivity contribution in [2.75, 3.05) is 5.73 Å². The Kier molecular flexibility index (Phi) is 3.32. The fourth-order valence-electron chi connectivity index (χ4n) is 2.35. The normalized spacial score (nSPS) is 11.3. The van der Waals surface area contributed by atoms with Crippen LogP contribution < -0.4 is 11.4 Å². The maximum absolute atomic E-state index is 13.0. The van der Waals surface area contributed by atoms with Gasteiger partial charge >= 0.3 is 5.69 Å². The van der Waals surface area contributed by atoms with Crippen molar-refractivity contribution >= 4 is 16.7 Å². The number of benzene rings is 1. The highest BCUT2D eigenvalue weighted by atomic mass is 19.3. The molecule has 3 rings (SSSR count). The number of pyridine rings is 1. The van der Waals surface area contributed by atoms with Crippen LogP contribution >= 0.6 is 0 Å². The van der Waals surface area contributed by atoms with Gasteiger partial charge in [-0.25, -0.2) is 13.6 Å². The van der Waals surface area contributed by atoms with Gasteiger partial charge < -0.3 is 5.73 Å². The number of hydrogen-bond donors (Lipinski definition) is 1. The molecule has 0 aliphatic carbocycles. The van der Waals surface area contributed by atoms with Gasteiger partial charge in [0.25, 0.3) is 6.43 Å². The molecule has 5 nitrogen and oxygen atoms in total. The van der Waals surface area contributed by atoms with Crippen molar-refractivity contribution in [3.8, 4) is 5.69 Å². The van der Waals surface area contributed by atoms with E-state index in [9.17, 15) is 13.6 Å². The number of nitrogen functional groups attached to an aromatic ring is 1. The third-order valence-electron chi connectivity index (χ3n) is 3.42. The lowest BCUT2D eigenvalue weighted by molar-refractivity contribution is 0.151. The summed E-state index contributed by atoms with van der Waals surface area (Å²) in [4.78, 5) is 20.1. The minimum atomic E-state index is -2.64. The van der Waals surface area contributed by atoms with Gasteiger partial charge in [0.2, 0.25) is 0 Å². The molecule has 1 aromatic carbocycles. The van der Waals surface area contributed by atoms with Crippen molar-refractivity contribution in [2.45, 2.75) is 13.3 Å². The number of alkyl halides is 2. The first-order valence-electron chi connectivity index (χ1n) is 6.51. The Morgan fingerprint density at radius 3 is 2.73 bits per heavy atom. The Balaban J connectivity index is 2.45. The zero-order chi connectivity index (χ0) is 15.9. The van der Waals surface area contributed by atoms with Gasteiger partial charge in [0.1, 0.15) is 5.82 Å². The number of nitrogens with two attached hydrogens (primary N) is 1. The fourth-order valence-corrected chi connectivity index (χ4v) is 2.35. The lowest BCUT2D eigenvalue weighted by Gasteiger charge is -2.13. The molecule has 7 heteroatoms. The maximum Gasteiger partial charge on any atom is 0.354 e. The van der Waals surface area contributed by atoms with Gasteiger partial charge in [-0.1, -0.05) is 6.07 Å². The van der Waals surface area contributed by atoms with E-state index >= 15 is 0 Å². The van der Waals surface area contributed by atoms with Gasteiger partial charge in [-0.05, 0) is 31.2 Å². The summed E-state index contributed by atoms with van der Waals surface area (Å²) in [6.07, 6.45) is -1.06. The zero-order valence-electron chi connectivity index (χ0n) is 11.6. The fraction of sp³-hybridized carbons (Fsp3) is 0.133. The molecule has 112 valence electrons. The molecule has 0 atom stereocenters. The minimum Gasteiger partial charge on any atom is -0.383 e. The standard InChI is InChI=1S/C15H12F2N4O/c1-8-11(3-2-6-19-8)21-12-7-9(13(16)17)4-5-10(12)14(18)20-15(21)22/h2-7,13H,1H3,(H2,18,20,22). The Bertz CT molecular complexity index is 921. The summed E-state index contributed by atoms with van der Waals surface area (Å²) in [7, 11) is 0. The number of halogens is 2. The van der Waals surface area contributed by atoms with E-state index in [0.29, 0.717) is 16.8 Å². The monoisotopic (exact) mass is 302 g/mol. The Labute approximate surface area is 124 Å². The average Bonchev–Trinajstić information content (AvgIpc) is 2.48. The molecule has 0 radical (unpaired) electrons. The second-order valence-corrected chi connectivity index (χ2v) is 4.80. The molecule has 0 saturated carbocycles. The van der Waals surface area contributed by atoms with Crippen molar-refractivity contribution in [3.63, 3.8) is 0 Å². The van der Waals surface area contributed by atoms with Crippen molar-refractivity contribution in [3.05, 3.63) is 58.3 Å². The smallest absolute Gasteiger partial charge is 0.354 e. The highest BCUT2D eigenvalue weighted by molar-refractivity contribution is 5.89. The topological polar surface area (TPSA) is 73.8 Å². The van der Waals surface area contributed by atoms with E-state index in [2.05, 4.69) is 9.97 Å². The lowest BCUT2D eigenvalue weighted by Crippen LogP contribution is -2.24. The van der Waals surface area contributed by atoms with Crippen molar-refractivity contribution in [2.24, 2.45) is 0 Å². The number of hydrogen-bond acceptors (Lipinski definition) is 4. The summed E-state index contributed by atoms with van der Waals surface area (Å²) in [5.74, 6) is 0.0126. The van der Waals surface area contributed by atoms with Crippen LogP contribution in [0.2, 0.25) is 0 Å². The van der Waals surface area contributed by atoms with Crippen LogP contribution in [0.4, 0.5) is 14.6 Å². The predicted molar refractivity (Wildman–Crippen MR) is 79.2 cm³/mol.